The third-order valence-corrected chi connectivity index (χ3v) is 3.78. The fraction of sp³-hybridized carbons (Fsp3) is 0.350. The van der Waals surface area contributed by atoms with E-state index in [4.69, 9.17) is 4.74 Å². The van der Waals surface area contributed by atoms with Crippen LogP contribution in [-0.2, 0) is 6.42 Å². The van der Waals surface area contributed by atoms with Crippen LogP contribution < -0.4 is 10.1 Å². The highest BCUT2D eigenvalue weighted by atomic mass is 127. The van der Waals surface area contributed by atoms with Crippen LogP contribution in [0.5, 0.6) is 11.5 Å². The van der Waals surface area contributed by atoms with E-state index in [-0.39, 0.29) is 35.5 Å². The molecule has 0 saturated carbocycles. The third-order valence-electron chi connectivity index (χ3n) is 3.78. The molecule has 0 spiro atoms. The molecule has 0 atom stereocenters. The van der Waals surface area contributed by atoms with E-state index in [0.717, 1.165) is 24.5 Å². The topological polar surface area (TPSA) is 57.1 Å². The van der Waals surface area contributed by atoms with Gasteiger partial charge in [-0.15, -0.1) is 24.0 Å². The molecule has 0 amide bonds. The molecule has 2 rings (SSSR count). The molecule has 2 N–H and O–H groups in total. The third kappa shape index (κ3) is 8.47. The van der Waals surface area contributed by atoms with E-state index >= 15 is 0 Å². The molecule has 0 aliphatic rings. The predicted molar refractivity (Wildman–Crippen MR) is 118 cm³/mol. The van der Waals surface area contributed by atoms with Gasteiger partial charge in [-0.25, -0.2) is 4.39 Å². The second-order valence-electron chi connectivity index (χ2n) is 5.88. The number of likely N-dealkylation sites (N-methyl/N-ethyl adjacent to an activating group) is 1. The van der Waals surface area contributed by atoms with E-state index in [1.807, 2.05) is 31.0 Å². The Bertz CT molecular complexity index is 711. The van der Waals surface area contributed by atoms with Gasteiger partial charge in [0.05, 0.1) is 6.54 Å². The maximum absolute atomic E-state index is 12.9. The number of nitrogens with zero attached hydrogens (tertiary/aromatic N) is 2. The summed E-state index contributed by atoms with van der Waals surface area (Å²) in [6.45, 7) is 4.53. The first kappa shape index (κ1) is 23.0. The summed E-state index contributed by atoms with van der Waals surface area (Å²) in [6, 6.07) is 13.2. The SMILES string of the molecule is CCNC(=NCCc1cccc(O)c1)N(C)CCOc1ccc(F)cc1.I. The Morgan fingerprint density at radius 1 is 1.22 bits per heavy atom. The molecule has 0 aromatic heterocycles. The zero-order chi connectivity index (χ0) is 18.8. The maximum atomic E-state index is 12.9. The van der Waals surface area contributed by atoms with Crippen molar-refractivity contribution in [3.63, 3.8) is 0 Å². The second-order valence-corrected chi connectivity index (χ2v) is 5.88. The lowest BCUT2D eigenvalue weighted by Crippen LogP contribution is -2.41. The van der Waals surface area contributed by atoms with Gasteiger partial charge >= 0.3 is 0 Å². The number of nitrogens with one attached hydrogen (secondary N) is 1. The fourth-order valence-electron chi connectivity index (χ4n) is 2.41. The Morgan fingerprint density at radius 2 is 1.96 bits per heavy atom. The highest BCUT2D eigenvalue weighted by molar-refractivity contribution is 14.0. The van der Waals surface area contributed by atoms with Gasteiger partial charge in [0.1, 0.15) is 23.9 Å². The Balaban J connectivity index is 0.00000364. The number of hydrogen-bond donors (Lipinski definition) is 2. The number of hydrogen-bond acceptors (Lipinski definition) is 3. The Kier molecular flexibility index (Phi) is 10.5. The first-order valence-electron chi connectivity index (χ1n) is 8.74. The Morgan fingerprint density at radius 3 is 2.63 bits per heavy atom. The molecule has 148 valence electrons. The quantitative estimate of drug-likeness (QED) is 0.339. The van der Waals surface area contributed by atoms with E-state index in [1.54, 1.807) is 24.3 Å². The lowest BCUT2D eigenvalue weighted by Gasteiger charge is -2.22. The van der Waals surface area contributed by atoms with Crippen LogP contribution in [0.15, 0.2) is 53.5 Å². The molecule has 0 saturated heterocycles. The highest BCUT2D eigenvalue weighted by Crippen LogP contribution is 2.12. The van der Waals surface area contributed by atoms with Gasteiger partial charge in [0.2, 0.25) is 0 Å². The number of halogens is 2. The smallest absolute Gasteiger partial charge is 0.193 e. The predicted octanol–water partition coefficient (Wildman–Crippen LogP) is 3.67. The van der Waals surface area contributed by atoms with Crippen molar-refractivity contribution < 1.29 is 14.2 Å². The summed E-state index contributed by atoms with van der Waals surface area (Å²) in [7, 11) is 1.95. The van der Waals surface area contributed by atoms with Crippen LogP contribution in [-0.4, -0.2) is 49.3 Å². The molecule has 0 fully saturated rings. The minimum absolute atomic E-state index is 0. The van der Waals surface area contributed by atoms with Gasteiger partial charge in [0.25, 0.3) is 0 Å². The Labute approximate surface area is 177 Å². The van der Waals surface area contributed by atoms with Gasteiger partial charge in [0, 0.05) is 20.1 Å². The number of phenolic OH excluding ortho intramolecular Hbond substituents is 1. The largest absolute Gasteiger partial charge is 0.508 e. The molecular weight excluding hydrogens is 460 g/mol. The van der Waals surface area contributed by atoms with Crippen LogP contribution in [0.4, 0.5) is 4.39 Å². The summed E-state index contributed by atoms with van der Waals surface area (Å²) in [5.41, 5.74) is 1.05. The zero-order valence-electron chi connectivity index (χ0n) is 15.7. The van der Waals surface area contributed by atoms with Crippen LogP contribution >= 0.6 is 24.0 Å². The minimum Gasteiger partial charge on any atom is -0.508 e. The summed E-state index contributed by atoms with van der Waals surface area (Å²) < 4.78 is 18.5. The van der Waals surface area contributed by atoms with Crippen LogP contribution in [0.25, 0.3) is 0 Å². The normalized spacial score (nSPS) is 10.9. The minimum atomic E-state index is -0.275. The van der Waals surface area contributed by atoms with Gasteiger partial charge in [-0.1, -0.05) is 12.1 Å². The summed E-state index contributed by atoms with van der Waals surface area (Å²) in [6.07, 6.45) is 0.753. The average Bonchev–Trinajstić information content (AvgIpc) is 2.62. The van der Waals surface area contributed by atoms with E-state index in [1.165, 1.54) is 12.1 Å². The average molecular weight is 487 g/mol. The number of aromatic hydroxyl groups is 1. The summed E-state index contributed by atoms with van der Waals surface area (Å²) in [4.78, 5) is 6.62. The molecular formula is C20H27FIN3O2. The van der Waals surface area contributed by atoms with E-state index in [0.29, 0.717) is 25.4 Å². The van der Waals surface area contributed by atoms with Crippen molar-refractivity contribution >= 4 is 29.9 Å². The van der Waals surface area contributed by atoms with Crippen LogP contribution in [0.2, 0.25) is 0 Å². The number of ether oxygens (including phenoxy) is 1. The van der Waals surface area contributed by atoms with E-state index in [2.05, 4.69) is 10.3 Å². The van der Waals surface area contributed by atoms with Crippen LogP contribution in [0.1, 0.15) is 12.5 Å². The molecule has 2 aromatic rings. The lowest BCUT2D eigenvalue weighted by molar-refractivity contribution is 0.281. The molecule has 2 aromatic carbocycles. The summed E-state index contributed by atoms with van der Waals surface area (Å²) in [5.74, 6) is 1.44. The number of phenols is 1. The monoisotopic (exact) mass is 487 g/mol. The van der Waals surface area contributed by atoms with Gasteiger partial charge < -0.3 is 20.1 Å². The lowest BCUT2D eigenvalue weighted by atomic mass is 10.1. The van der Waals surface area contributed by atoms with Crippen molar-refractivity contribution in [1.29, 1.82) is 0 Å². The molecule has 0 heterocycles. The molecule has 27 heavy (non-hydrogen) atoms. The summed E-state index contributed by atoms with van der Waals surface area (Å²) >= 11 is 0. The van der Waals surface area contributed by atoms with Gasteiger partial charge in [0.15, 0.2) is 5.96 Å². The zero-order valence-corrected chi connectivity index (χ0v) is 18.0. The molecule has 0 radical (unpaired) electrons. The van der Waals surface area contributed by atoms with Gasteiger partial charge in [-0.2, -0.15) is 0 Å². The number of aliphatic imine (C=N–C) groups is 1. The van der Waals surface area contributed by atoms with Crippen molar-refractivity contribution in [1.82, 2.24) is 10.2 Å². The summed E-state index contributed by atoms with van der Waals surface area (Å²) in [5, 5.41) is 12.8. The van der Waals surface area contributed by atoms with Gasteiger partial charge in [-0.3, -0.25) is 4.99 Å². The van der Waals surface area contributed by atoms with Crippen molar-refractivity contribution in [3.05, 3.63) is 59.9 Å². The first-order chi connectivity index (χ1) is 12.6. The second kappa shape index (κ2) is 12.4. The Hall–Kier alpha value is -2.03. The molecule has 0 aliphatic heterocycles. The number of benzene rings is 2. The van der Waals surface area contributed by atoms with Crippen molar-refractivity contribution in [2.45, 2.75) is 13.3 Å². The van der Waals surface area contributed by atoms with Gasteiger partial charge in [-0.05, 0) is 55.3 Å². The molecule has 0 bridgehead atoms. The molecule has 5 nitrogen and oxygen atoms in total. The highest BCUT2D eigenvalue weighted by Gasteiger charge is 2.06. The maximum Gasteiger partial charge on any atom is 0.193 e. The fourth-order valence-corrected chi connectivity index (χ4v) is 2.41. The van der Waals surface area contributed by atoms with Crippen molar-refractivity contribution in [2.75, 3.05) is 33.3 Å². The van der Waals surface area contributed by atoms with E-state index < -0.39 is 0 Å². The number of rotatable bonds is 8. The molecule has 0 aliphatic carbocycles. The van der Waals surface area contributed by atoms with Crippen LogP contribution in [0, 0.1) is 5.82 Å². The van der Waals surface area contributed by atoms with Crippen LogP contribution in [0.3, 0.4) is 0 Å². The van der Waals surface area contributed by atoms with Crippen molar-refractivity contribution in [3.8, 4) is 11.5 Å². The molecule has 7 heteroatoms. The van der Waals surface area contributed by atoms with Crippen molar-refractivity contribution in [2.24, 2.45) is 4.99 Å². The standard InChI is InChI=1S/C20H26FN3O2.HI/c1-3-22-20(23-12-11-16-5-4-6-18(25)15-16)24(2)13-14-26-19-9-7-17(21)8-10-19;/h4-10,15,25H,3,11-14H2,1-2H3,(H,22,23);1H. The first-order valence-corrected chi connectivity index (χ1v) is 8.74. The molecule has 0 unspecified atom stereocenters. The number of guanidine groups is 1. The van der Waals surface area contributed by atoms with E-state index in [9.17, 15) is 9.50 Å².